The summed E-state index contributed by atoms with van der Waals surface area (Å²) in [5.41, 5.74) is 2.62. The molecule has 1 amide bonds. The number of carbonyl (C=O) groups excluding carboxylic acids is 2. The lowest BCUT2D eigenvalue weighted by atomic mass is 10.1. The summed E-state index contributed by atoms with van der Waals surface area (Å²) in [7, 11) is 0. The van der Waals surface area contributed by atoms with E-state index in [1.807, 2.05) is 6.07 Å². The van der Waals surface area contributed by atoms with Crippen LogP contribution in [-0.2, 0) is 16.1 Å². The molecule has 0 atom stereocenters. The highest BCUT2D eigenvalue weighted by molar-refractivity contribution is 5.96. The average Bonchev–Trinajstić information content (AvgIpc) is 3.45. The van der Waals surface area contributed by atoms with Crippen molar-refractivity contribution in [2.75, 3.05) is 11.9 Å². The predicted molar refractivity (Wildman–Crippen MR) is 117 cm³/mol. The maximum absolute atomic E-state index is 12.4. The molecule has 0 aliphatic heterocycles. The first-order chi connectivity index (χ1) is 16.0. The van der Waals surface area contributed by atoms with E-state index in [4.69, 9.17) is 4.74 Å². The summed E-state index contributed by atoms with van der Waals surface area (Å²) in [5, 5.41) is 21.6. The number of rotatable bonds is 8. The topological polar surface area (TPSA) is 147 Å². The smallest absolute Gasteiger partial charge is 0.389 e. The molecular formula is C21H19N7O5. The molecule has 0 saturated heterocycles. The molecule has 33 heavy (non-hydrogen) atoms. The van der Waals surface area contributed by atoms with Gasteiger partial charge in [-0.05, 0) is 30.0 Å². The van der Waals surface area contributed by atoms with Crippen LogP contribution in [0, 0.1) is 10.1 Å². The molecule has 0 fully saturated rings. The highest BCUT2D eigenvalue weighted by Gasteiger charge is 2.17. The molecular weight excluding hydrogens is 430 g/mol. The van der Waals surface area contributed by atoms with Gasteiger partial charge in [0.15, 0.2) is 5.65 Å². The van der Waals surface area contributed by atoms with Crippen LogP contribution in [0.5, 0.6) is 0 Å². The number of hydrogen-bond donors (Lipinski definition) is 1. The van der Waals surface area contributed by atoms with Crippen LogP contribution < -0.4 is 5.32 Å². The van der Waals surface area contributed by atoms with Crippen LogP contribution in [0.1, 0.15) is 23.7 Å². The van der Waals surface area contributed by atoms with Gasteiger partial charge in [-0.3, -0.25) is 4.79 Å². The minimum atomic E-state index is -0.590. The number of fused-ring (bicyclic) bond motifs is 1. The van der Waals surface area contributed by atoms with Gasteiger partial charge in [-0.2, -0.15) is 9.78 Å². The fourth-order valence-corrected chi connectivity index (χ4v) is 3.23. The SMILES string of the molecule is CCOC(=O)c1cnn2c(-c3cccc(NC(=O)CCn4ccc([N+](=O)[O-])n4)c3)ccnc12. The van der Waals surface area contributed by atoms with Crippen LogP contribution in [0.2, 0.25) is 0 Å². The molecule has 168 valence electrons. The van der Waals surface area contributed by atoms with Gasteiger partial charge in [0.1, 0.15) is 5.56 Å². The Bertz CT molecular complexity index is 1340. The second kappa shape index (κ2) is 9.26. The number of carbonyl (C=O) groups is 2. The van der Waals surface area contributed by atoms with Crippen molar-refractivity contribution in [2.45, 2.75) is 19.9 Å². The Morgan fingerprint density at radius 2 is 2.09 bits per heavy atom. The minimum Gasteiger partial charge on any atom is -0.462 e. The van der Waals surface area contributed by atoms with Crippen LogP contribution in [0.4, 0.5) is 11.5 Å². The molecule has 1 aromatic carbocycles. The lowest BCUT2D eigenvalue weighted by Crippen LogP contribution is -2.14. The van der Waals surface area contributed by atoms with Gasteiger partial charge in [0.25, 0.3) is 0 Å². The summed E-state index contributed by atoms with van der Waals surface area (Å²) in [6, 6.07) is 10.2. The van der Waals surface area contributed by atoms with E-state index in [9.17, 15) is 19.7 Å². The van der Waals surface area contributed by atoms with Crippen molar-refractivity contribution in [1.82, 2.24) is 24.4 Å². The number of nitrogens with one attached hydrogen (secondary N) is 1. The molecule has 0 aliphatic carbocycles. The number of esters is 1. The maximum Gasteiger partial charge on any atom is 0.389 e. The van der Waals surface area contributed by atoms with Crippen LogP contribution in [0.25, 0.3) is 16.9 Å². The fourth-order valence-electron chi connectivity index (χ4n) is 3.23. The quantitative estimate of drug-likeness (QED) is 0.245. The third-order valence-electron chi connectivity index (χ3n) is 4.72. The Labute approximate surface area is 187 Å². The summed E-state index contributed by atoms with van der Waals surface area (Å²) >= 11 is 0. The summed E-state index contributed by atoms with van der Waals surface area (Å²) in [5.74, 6) is -1.04. The average molecular weight is 449 g/mol. The zero-order valence-corrected chi connectivity index (χ0v) is 17.5. The number of nitrogens with zero attached hydrogens (tertiary/aromatic N) is 6. The van der Waals surface area contributed by atoms with E-state index in [1.54, 1.807) is 37.4 Å². The van der Waals surface area contributed by atoms with Crippen LogP contribution >= 0.6 is 0 Å². The summed E-state index contributed by atoms with van der Waals surface area (Å²) in [6.07, 6.45) is 4.53. The predicted octanol–water partition coefficient (Wildman–Crippen LogP) is 2.71. The molecule has 0 radical (unpaired) electrons. The van der Waals surface area contributed by atoms with Gasteiger partial charge < -0.3 is 20.2 Å². The van der Waals surface area contributed by atoms with Crippen molar-refractivity contribution < 1.29 is 19.2 Å². The van der Waals surface area contributed by atoms with E-state index in [2.05, 4.69) is 20.5 Å². The molecule has 0 saturated carbocycles. The minimum absolute atomic E-state index is 0.0879. The number of aromatic nitrogens is 5. The molecule has 0 spiro atoms. The fraction of sp³-hybridized carbons (Fsp3) is 0.190. The Morgan fingerprint density at radius 3 is 2.85 bits per heavy atom. The first-order valence-electron chi connectivity index (χ1n) is 10.0. The second-order valence-electron chi connectivity index (χ2n) is 6.92. The maximum atomic E-state index is 12.4. The Morgan fingerprint density at radius 1 is 1.24 bits per heavy atom. The summed E-state index contributed by atoms with van der Waals surface area (Å²) < 4.78 is 7.94. The van der Waals surface area contributed by atoms with Gasteiger partial charge in [0.2, 0.25) is 5.91 Å². The molecule has 12 nitrogen and oxygen atoms in total. The monoisotopic (exact) mass is 449 g/mol. The van der Waals surface area contributed by atoms with E-state index < -0.39 is 10.9 Å². The van der Waals surface area contributed by atoms with Crippen molar-refractivity contribution in [1.29, 1.82) is 0 Å². The summed E-state index contributed by atoms with van der Waals surface area (Å²) in [4.78, 5) is 38.9. The lowest BCUT2D eigenvalue weighted by Gasteiger charge is -2.09. The number of amides is 1. The molecule has 0 aliphatic rings. The molecule has 1 N–H and O–H groups in total. The van der Waals surface area contributed by atoms with E-state index in [0.717, 1.165) is 5.56 Å². The van der Waals surface area contributed by atoms with E-state index >= 15 is 0 Å². The second-order valence-corrected chi connectivity index (χ2v) is 6.92. The van der Waals surface area contributed by atoms with E-state index in [0.29, 0.717) is 17.0 Å². The zero-order valence-electron chi connectivity index (χ0n) is 17.5. The van der Waals surface area contributed by atoms with Crippen LogP contribution in [-0.4, -0.2) is 47.8 Å². The van der Waals surface area contributed by atoms with Crippen LogP contribution in [0.15, 0.2) is 55.0 Å². The van der Waals surface area contributed by atoms with E-state index in [1.165, 1.54) is 27.7 Å². The lowest BCUT2D eigenvalue weighted by molar-refractivity contribution is -0.389. The van der Waals surface area contributed by atoms with Crippen molar-refractivity contribution in [2.24, 2.45) is 0 Å². The van der Waals surface area contributed by atoms with Crippen molar-refractivity contribution >= 4 is 29.0 Å². The highest BCUT2D eigenvalue weighted by Crippen LogP contribution is 2.24. The van der Waals surface area contributed by atoms with Crippen molar-refractivity contribution in [3.8, 4) is 11.3 Å². The van der Waals surface area contributed by atoms with E-state index in [-0.39, 0.29) is 36.9 Å². The summed E-state index contributed by atoms with van der Waals surface area (Å²) in [6.45, 7) is 2.17. The Hall–Kier alpha value is -4.61. The highest BCUT2D eigenvalue weighted by atomic mass is 16.6. The van der Waals surface area contributed by atoms with Crippen molar-refractivity contribution in [3.05, 3.63) is 70.7 Å². The zero-order chi connectivity index (χ0) is 23.4. The molecule has 0 bridgehead atoms. The Kier molecular flexibility index (Phi) is 6.06. The number of aryl methyl sites for hydroxylation is 1. The molecule has 4 rings (SSSR count). The molecule has 0 unspecified atom stereocenters. The van der Waals surface area contributed by atoms with Gasteiger partial charge in [-0.1, -0.05) is 12.1 Å². The largest absolute Gasteiger partial charge is 0.462 e. The van der Waals surface area contributed by atoms with Gasteiger partial charge in [-0.15, -0.1) is 0 Å². The number of benzene rings is 1. The molecule has 12 heteroatoms. The number of nitro groups is 1. The Balaban J connectivity index is 1.49. The first kappa shape index (κ1) is 21.6. The van der Waals surface area contributed by atoms with Gasteiger partial charge in [-0.25, -0.2) is 14.3 Å². The molecule has 3 aromatic heterocycles. The number of hydrogen-bond acceptors (Lipinski definition) is 8. The van der Waals surface area contributed by atoms with Gasteiger partial charge >= 0.3 is 11.8 Å². The normalized spacial score (nSPS) is 10.8. The molecule has 4 aromatic rings. The van der Waals surface area contributed by atoms with Crippen molar-refractivity contribution in [3.63, 3.8) is 0 Å². The first-order valence-corrected chi connectivity index (χ1v) is 10.0. The third-order valence-corrected chi connectivity index (χ3v) is 4.72. The number of ether oxygens (including phenoxy) is 1. The third kappa shape index (κ3) is 4.69. The number of anilines is 1. The standard InChI is InChI=1S/C21H19N7O5/c1-2-33-21(30)16-13-23-27-17(6-9-22-20(16)27)14-4-3-5-15(12-14)24-19(29)8-11-26-10-7-18(25-26)28(31)32/h3-7,9-10,12-13H,2,8,11H2,1H3,(H,24,29). The van der Waals surface area contributed by atoms with Crippen LogP contribution in [0.3, 0.4) is 0 Å². The molecule has 3 heterocycles. The van der Waals surface area contributed by atoms with Gasteiger partial charge in [0, 0.05) is 23.9 Å². The van der Waals surface area contributed by atoms with Gasteiger partial charge in [0.05, 0.1) is 42.4 Å².